The number of nitrogens with zero attached hydrogens (tertiary/aromatic N) is 1. The van der Waals surface area contributed by atoms with E-state index in [0.717, 1.165) is 0 Å². The first-order valence-electron chi connectivity index (χ1n) is 7.71. The SMILES string of the molecule is COc1ccc(/C=C(\C#N)C(=O)O[C@@H](C)C(=O)c2ccc(Cl)cc2)cc1. The number of Topliss-reactive ketones (excluding diaryl/α,β-unsaturated/α-hetero) is 1. The highest BCUT2D eigenvalue weighted by Crippen LogP contribution is 2.16. The Morgan fingerprint density at radius 2 is 1.73 bits per heavy atom. The van der Waals surface area contributed by atoms with Gasteiger partial charge in [0.25, 0.3) is 0 Å². The van der Waals surface area contributed by atoms with Gasteiger partial charge < -0.3 is 9.47 Å². The van der Waals surface area contributed by atoms with Crippen molar-refractivity contribution in [2.45, 2.75) is 13.0 Å². The molecule has 6 heteroatoms. The van der Waals surface area contributed by atoms with Gasteiger partial charge in [-0.25, -0.2) is 4.79 Å². The molecule has 0 radical (unpaired) electrons. The maximum Gasteiger partial charge on any atom is 0.349 e. The average Bonchev–Trinajstić information content (AvgIpc) is 2.66. The predicted octanol–water partition coefficient (Wildman–Crippen LogP) is 4.07. The predicted molar refractivity (Wildman–Crippen MR) is 97.9 cm³/mol. The van der Waals surface area contributed by atoms with Gasteiger partial charge in [0.1, 0.15) is 17.4 Å². The van der Waals surface area contributed by atoms with E-state index >= 15 is 0 Å². The summed E-state index contributed by atoms with van der Waals surface area (Å²) in [5, 5.41) is 9.71. The zero-order valence-electron chi connectivity index (χ0n) is 14.2. The van der Waals surface area contributed by atoms with Gasteiger partial charge in [-0.1, -0.05) is 23.7 Å². The number of hydrogen-bond acceptors (Lipinski definition) is 5. The molecule has 0 aliphatic heterocycles. The van der Waals surface area contributed by atoms with E-state index in [-0.39, 0.29) is 11.4 Å². The molecule has 0 amide bonds. The Labute approximate surface area is 156 Å². The molecule has 0 saturated heterocycles. The van der Waals surface area contributed by atoms with E-state index in [2.05, 4.69) is 0 Å². The maximum absolute atomic E-state index is 12.3. The molecule has 26 heavy (non-hydrogen) atoms. The fourth-order valence-corrected chi connectivity index (χ4v) is 2.26. The molecular formula is C20H16ClNO4. The van der Waals surface area contributed by atoms with Gasteiger partial charge in [0.15, 0.2) is 6.10 Å². The molecule has 0 saturated carbocycles. The van der Waals surface area contributed by atoms with Crippen LogP contribution in [-0.2, 0) is 9.53 Å². The quantitative estimate of drug-likeness (QED) is 0.332. The summed E-state index contributed by atoms with van der Waals surface area (Å²) >= 11 is 5.79. The van der Waals surface area contributed by atoms with Gasteiger partial charge in [0.05, 0.1) is 7.11 Å². The van der Waals surface area contributed by atoms with E-state index in [1.807, 2.05) is 0 Å². The van der Waals surface area contributed by atoms with E-state index in [1.165, 1.54) is 13.0 Å². The lowest BCUT2D eigenvalue weighted by Gasteiger charge is -2.12. The van der Waals surface area contributed by atoms with E-state index < -0.39 is 12.1 Å². The molecule has 0 aliphatic carbocycles. The second-order valence-electron chi connectivity index (χ2n) is 5.36. The first-order valence-corrected chi connectivity index (χ1v) is 8.09. The van der Waals surface area contributed by atoms with Crippen molar-refractivity contribution in [3.8, 4) is 11.8 Å². The Hall–Kier alpha value is -3.10. The maximum atomic E-state index is 12.3. The molecule has 2 aromatic rings. The van der Waals surface area contributed by atoms with E-state index in [1.54, 1.807) is 61.7 Å². The van der Waals surface area contributed by atoms with E-state index in [0.29, 0.717) is 21.9 Å². The summed E-state index contributed by atoms with van der Waals surface area (Å²) in [5.41, 5.74) is 0.800. The minimum atomic E-state index is -1.03. The number of carbonyl (C=O) groups is 2. The summed E-state index contributed by atoms with van der Waals surface area (Å²) in [4.78, 5) is 24.5. The number of benzene rings is 2. The van der Waals surface area contributed by atoms with Crippen molar-refractivity contribution in [2.75, 3.05) is 7.11 Å². The summed E-state index contributed by atoms with van der Waals surface area (Å²) in [6, 6.07) is 14.9. The Morgan fingerprint density at radius 1 is 1.12 bits per heavy atom. The monoisotopic (exact) mass is 369 g/mol. The van der Waals surface area contributed by atoms with Crippen LogP contribution in [0.5, 0.6) is 5.75 Å². The van der Waals surface area contributed by atoms with Crippen LogP contribution in [0.2, 0.25) is 5.02 Å². The van der Waals surface area contributed by atoms with Crippen molar-refractivity contribution in [2.24, 2.45) is 0 Å². The number of carbonyl (C=O) groups excluding carboxylic acids is 2. The third kappa shape index (κ3) is 4.95. The second kappa shape index (κ2) is 8.84. The number of rotatable bonds is 6. The fourth-order valence-electron chi connectivity index (χ4n) is 2.13. The summed E-state index contributed by atoms with van der Waals surface area (Å²) in [6.45, 7) is 1.46. The van der Waals surface area contributed by atoms with Crippen molar-refractivity contribution in [1.29, 1.82) is 5.26 Å². The van der Waals surface area contributed by atoms with Gasteiger partial charge in [0.2, 0.25) is 5.78 Å². The minimum absolute atomic E-state index is 0.203. The smallest absolute Gasteiger partial charge is 0.349 e. The lowest BCUT2D eigenvalue weighted by atomic mass is 10.1. The highest BCUT2D eigenvalue weighted by Gasteiger charge is 2.21. The molecule has 0 heterocycles. The number of methoxy groups -OCH3 is 1. The number of nitriles is 1. The van der Waals surface area contributed by atoms with Crippen LogP contribution in [0, 0.1) is 11.3 Å². The first kappa shape index (κ1) is 19.2. The third-order valence-corrected chi connectivity index (χ3v) is 3.80. The molecule has 5 nitrogen and oxygen atoms in total. The van der Waals surface area contributed by atoms with Gasteiger partial charge >= 0.3 is 5.97 Å². The van der Waals surface area contributed by atoms with Crippen LogP contribution in [0.15, 0.2) is 54.1 Å². The lowest BCUT2D eigenvalue weighted by molar-refractivity contribution is -0.141. The number of hydrogen-bond donors (Lipinski definition) is 0. The molecule has 0 aliphatic rings. The molecule has 0 N–H and O–H groups in total. The lowest BCUT2D eigenvalue weighted by Crippen LogP contribution is -2.25. The van der Waals surface area contributed by atoms with Gasteiger partial charge in [-0.3, -0.25) is 4.79 Å². The number of ketones is 1. The van der Waals surface area contributed by atoms with Crippen molar-refractivity contribution >= 4 is 29.4 Å². The summed E-state index contributed by atoms with van der Waals surface area (Å²) < 4.78 is 10.2. The highest BCUT2D eigenvalue weighted by atomic mass is 35.5. The Balaban J connectivity index is 2.10. The number of ether oxygens (including phenoxy) is 2. The molecule has 0 aromatic heterocycles. The topological polar surface area (TPSA) is 76.4 Å². The van der Waals surface area contributed by atoms with Crippen molar-refractivity contribution < 1.29 is 19.1 Å². The van der Waals surface area contributed by atoms with Crippen molar-refractivity contribution in [3.05, 3.63) is 70.3 Å². The summed E-state index contributed by atoms with van der Waals surface area (Å²) in [6.07, 6.45) is 0.359. The van der Waals surface area contributed by atoms with Gasteiger partial charge in [0, 0.05) is 10.6 Å². The highest BCUT2D eigenvalue weighted by molar-refractivity contribution is 6.30. The van der Waals surface area contributed by atoms with Gasteiger partial charge in [-0.05, 0) is 55.0 Å². The Kier molecular flexibility index (Phi) is 6.54. The van der Waals surface area contributed by atoms with Crippen LogP contribution in [0.4, 0.5) is 0 Å². The van der Waals surface area contributed by atoms with Crippen LogP contribution >= 0.6 is 11.6 Å². The summed E-state index contributed by atoms with van der Waals surface area (Å²) in [5.74, 6) is -0.583. The van der Waals surface area contributed by atoms with Gasteiger partial charge in [-0.15, -0.1) is 0 Å². The molecule has 0 unspecified atom stereocenters. The normalized spacial score (nSPS) is 12.0. The molecule has 2 rings (SSSR count). The van der Waals surface area contributed by atoms with Crippen LogP contribution in [-0.4, -0.2) is 25.0 Å². The summed E-state index contributed by atoms with van der Waals surface area (Å²) in [7, 11) is 1.54. The Bertz CT molecular complexity index is 864. The second-order valence-corrected chi connectivity index (χ2v) is 5.80. The average molecular weight is 370 g/mol. The standard InChI is InChI=1S/C20H16ClNO4/c1-13(19(23)15-5-7-17(21)8-6-15)26-20(24)16(12-22)11-14-3-9-18(25-2)10-4-14/h3-11,13H,1-2H3/b16-11+/t13-/m0/s1. The molecule has 132 valence electrons. The first-order chi connectivity index (χ1) is 12.4. The third-order valence-electron chi connectivity index (χ3n) is 3.55. The van der Waals surface area contributed by atoms with Gasteiger partial charge in [-0.2, -0.15) is 5.26 Å². The van der Waals surface area contributed by atoms with Crippen molar-refractivity contribution in [1.82, 2.24) is 0 Å². The zero-order valence-corrected chi connectivity index (χ0v) is 15.0. The van der Waals surface area contributed by atoms with Crippen LogP contribution < -0.4 is 4.74 Å². The molecule has 1 atom stereocenters. The van der Waals surface area contributed by atoms with E-state index in [9.17, 15) is 14.9 Å². The largest absolute Gasteiger partial charge is 0.497 e. The fraction of sp³-hybridized carbons (Fsp3) is 0.150. The van der Waals surface area contributed by atoms with E-state index in [4.69, 9.17) is 21.1 Å². The molecule has 0 bridgehead atoms. The molecule has 0 fully saturated rings. The zero-order chi connectivity index (χ0) is 19.1. The van der Waals surface area contributed by atoms with Crippen LogP contribution in [0.1, 0.15) is 22.8 Å². The minimum Gasteiger partial charge on any atom is -0.497 e. The molecule has 2 aromatic carbocycles. The number of halogens is 1. The molecular weight excluding hydrogens is 354 g/mol. The van der Waals surface area contributed by atoms with Crippen LogP contribution in [0.25, 0.3) is 6.08 Å². The Morgan fingerprint density at radius 3 is 2.27 bits per heavy atom. The van der Waals surface area contributed by atoms with Crippen LogP contribution in [0.3, 0.4) is 0 Å². The molecule has 0 spiro atoms. The van der Waals surface area contributed by atoms with Crippen molar-refractivity contribution in [3.63, 3.8) is 0 Å². The number of esters is 1.